The van der Waals surface area contributed by atoms with Crippen molar-refractivity contribution in [3.8, 4) is 0 Å². The minimum absolute atomic E-state index is 0.00696. The van der Waals surface area contributed by atoms with Gasteiger partial charge in [-0.05, 0) is 42.8 Å². The van der Waals surface area contributed by atoms with Crippen molar-refractivity contribution in [1.82, 2.24) is 25.2 Å². The number of thiophene rings is 1. The summed E-state index contributed by atoms with van der Waals surface area (Å²) in [5.74, 6) is 0.329. The minimum Gasteiger partial charge on any atom is -0.349 e. The average Bonchev–Trinajstić information content (AvgIpc) is 3.21. The van der Waals surface area contributed by atoms with Gasteiger partial charge < -0.3 is 15.5 Å². The molecule has 0 aromatic carbocycles. The van der Waals surface area contributed by atoms with Crippen LogP contribution >= 0.6 is 22.9 Å². The van der Waals surface area contributed by atoms with Gasteiger partial charge in [0.05, 0.1) is 27.3 Å². The van der Waals surface area contributed by atoms with E-state index >= 15 is 0 Å². The molecule has 2 amide bonds. The number of nitrogens with zero attached hydrogens (tertiary/aromatic N) is 4. The van der Waals surface area contributed by atoms with Crippen molar-refractivity contribution in [1.29, 1.82) is 0 Å². The zero-order valence-corrected chi connectivity index (χ0v) is 20.0. The predicted octanol–water partition coefficient (Wildman–Crippen LogP) is 4.04. The number of nitrogens with one attached hydrogen (secondary N) is 2. The number of halogens is 1. The summed E-state index contributed by atoms with van der Waals surface area (Å²) in [7, 11) is 0. The number of carbonyl (C=O) groups excluding carboxylic acids is 2. The summed E-state index contributed by atoms with van der Waals surface area (Å²) in [5, 5.41) is 8.81. The first-order chi connectivity index (χ1) is 15.8. The van der Waals surface area contributed by atoms with E-state index in [1.165, 1.54) is 11.3 Å². The minimum atomic E-state index is -0.240. The van der Waals surface area contributed by atoms with Crippen molar-refractivity contribution in [2.75, 3.05) is 18.4 Å². The maximum absolute atomic E-state index is 13.3. The number of aromatic nitrogens is 3. The van der Waals surface area contributed by atoms with Crippen LogP contribution in [0.3, 0.4) is 0 Å². The van der Waals surface area contributed by atoms with E-state index in [0.29, 0.717) is 29.8 Å². The lowest BCUT2D eigenvalue weighted by Crippen LogP contribution is -2.63. The molecule has 0 unspecified atom stereocenters. The molecule has 8 nitrogen and oxygen atoms in total. The molecule has 172 valence electrons. The number of anilines is 1. The number of fused-ring (bicyclic) bond motifs is 1. The monoisotopic (exact) mass is 484 g/mol. The maximum atomic E-state index is 13.3. The van der Waals surface area contributed by atoms with Crippen LogP contribution in [0.5, 0.6) is 0 Å². The van der Waals surface area contributed by atoms with Gasteiger partial charge in [0, 0.05) is 30.9 Å². The third kappa shape index (κ3) is 4.27. The Labute approximate surface area is 200 Å². The highest BCUT2D eigenvalue weighted by Gasteiger charge is 2.42. The summed E-state index contributed by atoms with van der Waals surface area (Å²) in [5.41, 5.74) is 1.76. The Bertz CT molecular complexity index is 1220. The molecular formula is C23H25ClN6O2S. The van der Waals surface area contributed by atoms with Crippen LogP contribution in [0, 0.1) is 5.41 Å². The topological polar surface area (TPSA) is 100 Å². The number of hydrogen-bond acceptors (Lipinski definition) is 7. The van der Waals surface area contributed by atoms with Gasteiger partial charge in [-0.15, -0.1) is 11.3 Å². The molecule has 33 heavy (non-hydrogen) atoms. The van der Waals surface area contributed by atoms with Crippen LogP contribution in [-0.4, -0.2) is 50.8 Å². The summed E-state index contributed by atoms with van der Waals surface area (Å²) < 4.78 is 0.761. The first-order valence-electron chi connectivity index (χ1n) is 11.0. The Morgan fingerprint density at radius 3 is 2.76 bits per heavy atom. The zero-order chi connectivity index (χ0) is 23.2. The van der Waals surface area contributed by atoms with Crippen LogP contribution < -0.4 is 10.6 Å². The van der Waals surface area contributed by atoms with Gasteiger partial charge in [0.25, 0.3) is 5.91 Å². The number of carbonyl (C=O) groups is 2. The second-order valence-electron chi connectivity index (χ2n) is 9.13. The van der Waals surface area contributed by atoms with E-state index < -0.39 is 0 Å². The van der Waals surface area contributed by atoms with Crippen LogP contribution in [0.25, 0.3) is 10.2 Å². The third-order valence-electron chi connectivity index (χ3n) is 6.59. The molecule has 0 radical (unpaired) electrons. The van der Waals surface area contributed by atoms with Gasteiger partial charge in [0.15, 0.2) is 5.69 Å². The summed E-state index contributed by atoms with van der Waals surface area (Å²) in [6, 6.07) is 3.56. The maximum Gasteiger partial charge on any atom is 0.274 e. The molecule has 10 heteroatoms. The van der Waals surface area contributed by atoms with Crippen molar-refractivity contribution < 1.29 is 9.59 Å². The fourth-order valence-corrected chi connectivity index (χ4v) is 5.19. The van der Waals surface area contributed by atoms with Crippen LogP contribution in [0.15, 0.2) is 29.9 Å². The second-order valence-corrected chi connectivity index (χ2v) is 10.5. The predicted molar refractivity (Wildman–Crippen MR) is 128 cm³/mol. The van der Waals surface area contributed by atoms with E-state index in [4.69, 9.17) is 11.6 Å². The lowest BCUT2D eigenvalue weighted by molar-refractivity contribution is -0.136. The van der Waals surface area contributed by atoms with E-state index in [-0.39, 0.29) is 29.3 Å². The number of pyridine rings is 1. The van der Waals surface area contributed by atoms with Crippen molar-refractivity contribution in [2.45, 2.75) is 45.2 Å². The number of likely N-dealkylation sites (tertiary alicyclic amines) is 1. The highest BCUT2D eigenvalue weighted by atomic mass is 35.5. The SMILES string of the molecule is C[C@H](Nc1nc(C(=O)N2CC(NC(=O)C3(C)CCC3)C2)c2sccc2n1)c1cncc(Cl)c1. The number of hydrogen-bond donors (Lipinski definition) is 2. The van der Waals surface area contributed by atoms with Gasteiger partial charge in [-0.3, -0.25) is 14.6 Å². The summed E-state index contributed by atoms with van der Waals surface area (Å²) in [6.07, 6.45) is 6.29. The summed E-state index contributed by atoms with van der Waals surface area (Å²) >= 11 is 7.51. The smallest absolute Gasteiger partial charge is 0.274 e. The Balaban J connectivity index is 1.29. The van der Waals surface area contributed by atoms with Crippen molar-refractivity contribution >= 4 is 50.9 Å². The van der Waals surface area contributed by atoms with Gasteiger partial charge in [-0.2, -0.15) is 0 Å². The van der Waals surface area contributed by atoms with Gasteiger partial charge in [0.2, 0.25) is 11.9 Å². The largest absolute Gasteiger partial charge is 0.349 e. The summed E-state index contributed by atoms with van der Waals surface area (Å²) in [4.78, 5) is 40.7. The quantitative estimate of drug-likeness (QED) is 0.547. The van der Waals surface area contributed by atoms with E-state index in [2.05, 4.69) is 25.6 Å². The van der Waals surface area contributed by atoms with Gasteiger partial charge in [-0.1, -0.05) is 24.9 Å². The van der Waals surface area contributed by atoms with E-state index in [0.717, 1.165) is 35.0 Å². The number of rotatable bonds is 6. The van der Waals surface area contributed by atoms with E-state index in [1.54, 1.807) is 17.3 Å². The Morgan fingerprint density at radius 1 is 1.27 bits per heavy atom. The molecule has 5 rings (SSSR count). The Hall–Kier alpha value is -2.78. The first kappa shape index (κ1) is 22.0. The van der Waals surface area contributed by atoms with Crippen molar-refractivity contribution in [3.63, 3.8) is 0 Å². The van der Waals surface area contributed by atoms with Gasteiger partial charge in [-0.25, -0.2) is 9.97 Å². The van der Waals surface area contributed by atoms with Crippen molar-refractivity contribution in [3.05, 3.63) is 46.2 Å². The van der Waals surface area contributed by atoms with Gasteiger partial charge in [0.1, 0.15) is 0 Å². The fraction of sp³-hybridized carbons (Fsp3) is 0.435. The molecule has 0 bridgehead atoms. The molecule has 1 aliphatic heterocycles. The molecular weight excluding hydrogens is 460 g/mol. The second kappa shape index (κ2) is 8.53. The van der Waals surface area contributed by atoms with Crippen LogP contribution in [0.4, 0.5) is 5.95 Å². The third-order valence-corrected chi connectivity index (χ3v) is 7.70. The molecule has 1 saturated carbocycles. The molecule has 1 atom stereocenters. The van der Waals surface area contributed by atoms with Crippen molar-refractivity contribution in [2.24, 2.45) is 5.41 Å². The molecule has 0 spiro atoms. The van der Waals surface area contributed by atoms with Crippen LogP contribution in [-0.2, 0) is 4.79 Å². The average molecular weight is 485 g/mol. The molecule has 1 saturated heterocycles. The van der Waals surface area contributed by atoms with E-state index in [1.807, 2.05) is 31.4 Å². The molecule has 2 aliphatic rings. The highest BCUT2D eigenvalue weighted by molar-refractivity contribution is 7.17. The first-order valence-corrected chi connectivity index (χ1v) is 12.3. The Morgan fingerprint density at radius 2 is 2.06 bits per heavy atom. The standard InChI is InChI=1S/C23H25ClN6O2S/c1-13(14-8-15(24)10-25-9-14)26-22-28-17-4-7-33-19(17)18(29-22)20(31)30-11-16(12-30)27-21(32)23(2)5-3-6-23/h4,7-10,13,16H,3,5-6,11-12H2,1-2H3,(H,27,32)(H,26,28,29)/t13-/m0/s1. The normalized spacial score (nSPS) is 18.3. The highest BCUT2D eigenvalue weighted by Crippen LogP contribution is 2.40. The Kier molecular flexibility index (Phi) is 5.70. The molecule has 4 heterocycles. The van der Waals surface area contributed by atoms with E-state index in [9.17, 15) is 9.59 Å². The lowest BCUT2D eigenvalue weighted by atomic mass is 9.69. The fourth-order valence-electron chi connectivity index (χ4n) is 4.19. The van der Waals surface area contributed by atoms with Crippen LogP contribution in [0.2, 0.25) is 5.02 Å². The number of amides is 2. The molecule has 2 N–H and O–H groups in total. The molecule has 1 aliphatic carbocycles. The van der Waals surface area contributed by atoms with Crippen LogP contribution in [0.1, 0.15) is 55.2 Å². The van der Waals surface area contributed by atoms with Gasteiger partial charge >= 0.3 is 0 Å². The lowest BCUT2D eigenvalue weighted by Gasteiger charge is -2.43. The molecule has 3 aromatic rings. The zero-order valence-electron chi connectivity index (χ0n) is 18.5. The summed E-state index contributed by atoms with van der Waals surface area (Å²) in [6.45, 7) is 4.95. The molecule has 2 fully saturated rings. The molecule has 3 aromatic heterocycles.